The van der Waals surface area contributed by atoms with Gasteiger partial charge in [0.1, 0.15) is 11.0 Å². The molecule has 1 aromatic heterocycles. The molecule has 0 aliphatic heterocycles. The van der Waals surface area contributed by atoms with E-state index in [1.165, 1.54) is 12.3 Å². The summed E-state index contributed by atoms with van der Waals surface area (Å²) in [4.78, 5) is 17.5. The third-order valence-corrected chi connectivity index (χ3v) is 2.90. The Kier molecular flexibility index (Phi) is 4.20. The van der Waals surface area contributed by atoms with Crippen LogP contribution in [0.15, 0.2) is 36.5 Å². The van der Waals surface area contributed by atoms with Crippen molar-refractivity contribution in [2.75, 3.05) is 24.3 Å². The summed E-state index contributed by atoms with van der Waals surface area (Å²) in [7, 11) is 3.47. The Bertz CT molecular complexity index is 629. The standard InChI is InChI=1S/C14H13ClFN3O/c1-19(2)12-5-3-9(7-11(12)16)14(20)18-10-4-6-13(15)17-8-10/h3-8H,1-2H3,(H,18,20). The van der Waals surface area contributed by atoms with E-state index in [4.69, 9.17) is 11.6 Å². The molecule has 1 aromatic carbocycles. The highest BCUT2D eigenvalue weighted by molar-refractivity contribution is 6.29. The fourth-order valence-corrected chi connectivity index (χ4v) is 1.78. The fraction of sp³-hybridized carbons (Fsp3) is 0.143. The SMILES string of the molecule is CN(C)c1ccc(C(=O)Nc2ccc(Cl)nc2)cc1F. The molecule has 6 heteroatoms. The molecule has 2 rings (SSSR count). The van der Waals surface area contributed by atoms with Gasteiger partial charge in [0.25, 0.3) is 5.91 Å². The van der Waals surface area contributed by atoms with Gasteiger partial charge in [0, 0.05) is 19.7 Å². The summed E-state index contributed by atoms with van der Waals surface area (Å²) in [6.07, 6.45) is 1.44. The van der Waals surface area contributed by atoms with Crippen LogP contribution in [-0.2, 0) is 0 Å². The van der Waals surface area contributed by atoms with E-state index in [1.807, 2.05) is 0 Å². The number of nitrogens with zero attached hydrogens (tertiary/aromatic N) is 2. The molecule has 1 heterocycles. The lowest BCUT2D eigenvalue weighted by Gasteiger charge is -2.14. The molecular formula is C14H13ClFN3O. The number of carbonyl (C=O) groups is 1. The van der Waals surface area contributed by atoms with Gasteiger partial charge in [-0.25, -0.2) is 9.37 Å². The van der Waals surface area contributed by atoms with Crippen molar-refractivity contribution in [2.24, 2.45) is 0 Å². The molecule has 20 heavy (non-hydrogen) atoms. The average molecular weight is 294 g/mol. The van der Waals surface area contributed by atoms with Crippen molar-refractivity contribution >= 4 is 28.9 Å². The Morgan fingerprint density at radius 2 is 2.05 bits per heavy atom. The minimum Gasteiger partial charge on any atom is -0.375 e. The first-order valence-corrected chi connectivity index (χ1v) is 6.25. The van der Waals surface area contributed by atoms with Gasteiger partial charge in [0.15, 0.2) is 0 Å². The number of amides is 1. The second-order valence-corrected chi connectivity index (χ2v) is 4.77. The lowest BCUT2D eigenvalue weighted by molar-refractivity contribution is 0.102. The molecule has 0 fully saturated rings. The molecule has 0 aliphatic carbocycles. The molecule has 0 radical (unpaired) electrons. The van der Waals surface area contributed by atoms with Gasteiger partial charge >= 0.3 is 0 Å². The Morgan fingerprint density at radius 1 is 1.30 bits per heavy atom. The number of hydrogen-bond acceptors (Lipinski definition) is 3. The minimum atomic E-state index is -0.447. The molecule has 1 N–H and O–H groups in total. The predicted molar refractivity (Wildman–Crippen MR) is 77.9 cm³/mol. The first kappa shape index (κ1) is 14.3. The van der Waals surface area contributed by atoms with Crippen molar-refractivity contribution in [2.45, 2.75) is 0 Å². The molecule has 0 unspecified atom stereocenters. The van der Waals surface area contributed by atoms with Crippen molar-refractivity contribution in [1.29, 1.82) is 0 Å². The van der Waals surface area contributed by atoms with Gasteiger partial charge < -0.3 is 10.2 Å². The van der Waals surface area contributed by atoms with Gasteiger partial charge in [0.2, 0.25) is 0 Å². The molecule has 0 bridgehead atoms. The van der Waals surface area contributed by atoms with Gasteiger partial charge in [-0.2, -0.15) is 0 Å². The summed E-state index contributed by atoms with van der Waals surface area (Å²) < 4.78 is 13.8. The number of anilines is 2. The Balaban J connectivity index is 2.17. The van der Waals surface area contributed by atoms with E-state index in [9.17, 15) is 9.18 Å². The second kappa shape index (κ2) is 5.88. The minimum absolute atomic E-state index is 0.239. The largest absolute Gasteiger partial charge is 0.375 e. The summed E-state index contributed by atoms with van der Waals surface area (Å²) in [6.45, 7) is 0. The number of rotatable bonds is 3. The second-order valence-electron chi connectivity index (χ2n) is 4.38. The van der Waals surface area contributed by atoms with E-state index in [2.05, 4.69) is 10.3 Å². The topological polar surface area (TPSA) is 45.2 Å². The smallest absolute Gasteiger partial charge is 0.255 e. The highest BCUT2D eigenvalue weighted by Gasteiger charge is 2.11. The van der Waals surface area contributed by atoms with Crippen LogP contribution in [0.3, 0.4) is 0 Å². The molecule has 2 aromatic rings. The van der Waals surface area contributed by atoms with Crippen molar-refractivity contribution in [1.82, 2.24) is 4.98 Å². The fourth-order valence-electron chi connectivity index (χ4n) is 1.66. The van der Waals surface area contributed by atoms with Gasteiger partial charge in [-0.05, 0) is 30.3 Å². The Morgan fingerprint density at radius 3 is 2.60 bits per heavy atom. The molecule has 1 amide bonds. The number of halogens is 2. The molecule has 104 valence electrons. The van der Waals surface area contributed by atoms with Gasteiger partial charge in [-0.1, -0.05) is 11.6 Å². The van der Waals surface area contributed by atoms with E-state index in [1.54, 1.807) is 43.3 Å². The van der Waals surface area contributed by atoms with Gasteiger partial charge in [0.05, 0.1) is 17.6 Å². The molecular weight excluding hydrogens is 281 g/mol. The zero-order valence-electron chi connectivity index (χ0n) is 11.0. The summed E-state index contributed by atoms with van der Waals surface area (Å²) in [6, 6.07) is 7.51. The Labute approximate surface area is 121 Å². The van der Waals surface area contributed by atoms with Crippen molar-refractivity contribution < 1.29 is 9.18 Å². The van der Waals surface area contributed by atoms with Crippen LogP contribution in [0.25, 0.3) is 0 Å². The van der Waals surface area contributed by atoms with Crippen molar-refractivity contribution in [3.8, 4) is 0 Å². The van der Waals surface area contributed by atoms with Crippen LogP contribution in [0.1, 0.15) is 10.4 Å². The van der Waals surface area contributed by atoms with E-state index < -0.39 is 11.7 Å². The summed E-state index contributed by atoms with van der Waals surface area (Å²) in [5.74, 6) is -0.852. The molecule has 0 saturated carbocycles. The number of hydrogen-bond donors (Lipinski definition) is 1. The van der Waals surface area contributed by atoms with Crippen LogP contribution in [0.5, 0.6) is 0 Å². The summed E-state index contributed by atoms with van der Waals surface area (Å²) in [5, 5.41) is 2.96. The predicted octanol–water partition coefficient (Wildman–Crippen LogP) is 3.19. The summed E-state index contributed by atoms with van der Waals surface area (Å²) >= 11 is 5.65. The van der Waals surface area contributed by atoms with E-state index in [0.29, 0.717) is 16.5 Å². The highest BCUT2D eigenvalue weighted by Crippen LogP contribution is 2.19. The maximum Gasteiger partial charge on any atom is 0.255 e. The first-order valence-electron chi connectivity index (χ1n) is 5.87. The van der Waals surface area contributed by atoms with Gasteiger partial charge in [-0.3, -0.25) is 4.79 Å². The average Bonchev–Trinajstić information content (AvgIpc) is 2.40. The van der Waals surface area contributed by atoms with E-state index >= 15 is 0 Å². The molecule has 4 nitrogen and oxygen atoms in total. The van der Waals surface area contributed by atoms with Crippen LogP contribution in [-0.4, -0.2) is 25.0 Å². The zero-order chi connectivity index (χ0) is 14.7. The number of nitrogens with one attached hydrogen (secondary N) is 1. The number of carbonyl (C=O) groups excluding carboxylic acids is 1. The van der Waals surface area contributed by atoms with Crippen LogP contribution in [0, 0.1) is 5.82 Å². The van der Waals surface area contributed by atoms with E-state index in [0.717, 1.165) is 0 Å². The molecule has 0 spiro atoms. The van der Waals surface area contributed by atoms with Crippen molar-refractivity contribution in [3.63, 3.8) is 0 Å². The lowest BCUT2D eigenvalue weighted by atomic mass is 10.1. The Hall–Kier alpha value is -2.14. The van der Waals surface area contributed by atoms with Crippen LogP contribution < -0.4 is 10.2 Å². The molecule has 0 atom stereocenters. The maximum atomic E-state index is 13.8. The van der Waals surface area contributed by atoms with Crippen LogP contribution in [0.2, 0.25) is 5.15 Å². The van der Waals surface area contributed by atoms with Crippen LogP contribution >= 0.6 is 11.6 Å². The quantitative estimate of drug-likeness (QED) is 0.884. The number of pyridine rings is 1. The maximum absolute atomic E-state index is 13.8. The number of benzene rings is 1. The number of aromatic nitrogens is 1. The van der Waals surface area contributed by atoms with E-state index in [-0.39, 0.29) is 5.56 Å². The normalized spacial score (nSPS) is 10.2. The molecule has 0 saturated heterocycles. The monoisotopic (exact) mass is 293 g/mol. The third-order valence-electron chi connectivity index (χ3n) is 2.68. The van der Waals surface area contributed by atoms with Crippen molar-refractivity contribution in [3.05, 3.63) is 53.1 Å². The highest BCUT2D eigenvalue weighted by atomic mass is 35.5. The van der Waals surface area contributed by atoms with Crippen LogP contribution in [0.4, 0.5) is 15.8 Å². The summed E-state index contributed by atoms with van der Waals surface area (Å²) in [5.41, 5.74) is 1.16. The lowest BCUT2D eigenvalue weighted by Crippen LogP contribution is -2.14. The third kappa shape index (κ3) is 3.24. The molecule has 0 aliphatic rings. The van der Waals surface area contributed by atoms with Gasteiger partial charge in [-0.15, -0.1) is 0 Å². The zero-order valence-corrected chi connectivity index (χ0v) is 11.8. The first-order chi connectivity index (χ1) is 9.47.